The number of fused-ring (bicyclic) bond motifs is 5. The minimum Gasteiger partial charge on any atom is -0.436 e. The van der Waals surface area contributed by atoms with Crippen molar-refractivity contribution in [1.29, 1.82) is 0 Å². The molecular weight excluding hydrogens is 332 g/mol. The largest absolute Gasteiger partial charge is 0.436 e. The van der Waals surface area contributed by atoms with Crippen LogP contribution in [0.4, 0.5) is 5.69 Å². The minimum absolute atomic E-state index is 0.128. The summed E-state index contributed by atoms with van der Waals surface area (Å²) in [7, 11) is 0. The Morgan fingerprint density at radius 1 is 1.00 bits per heavy atom. The van der Waals surface area contributed by atoms with Crippen LogP contribution in [0.15, 0.2) is 28.7 Å². The van der Waals surface area contributed by atoms with Gasteiger partial charge < -0.3 is 9.32 Å². The predicted molar refractivity (Wildman–Crippen MR) is 112 cm³/mol. The molecule has 5 rings (SSSR count). The number of aromatic nitrogens is 1. The lowest BCUT2D eigenvalue weighted by atomic mass is 9.65. The van der Waals surface area contributed by atoms with Crippen LogP contribution in [0.25, 0.3) is 22.1 Å². The van der Waals surface area contributed by atoms with Crippen molar-refractivity contribution in [2.24, 2.45) is 10.8 Å². The first-order chi connectivity index (χ1) is 12.6. The Bertz CT molecular complexity index is 1090. The van der Waals surface area contributed by atoms with Gasteiger partial charge in [0.15, 0.2) is 5.58 Å². The maximum Gasteiger partial charge on any atom is 0.227 e. The van der Waals surface area contributed by atoms with Crippen LogP contribution in [-0.4, -0.2) is 16.6 Å². The van der Waals surface area contributed by atoms with Gasteiger partial charge in [0, 0.05) is 28.0 Å². The second kappa shape index (κ2) is 4.87. The fraction of sp³-hybridized carbons (Fsp3) is 0.542. The van der Waals surface area contributed by atoms with Crippen LogP contribution in [0.2, 0.25) is 0 Å². The molecular formula is C24H30N2O. The third kappa shape index (κ3) is 1.76. The van der Waals surface area contributed by atoms with E-state index in [-0.39, 0.29) is 11.0 Å². The lowest BCUT2D eigenvalue weighted by Gasteiger charge is -2.45. The third-order valence-electron chi connectivity index (χ3n) is 8.81. The SMILES string of the molecule is Cc1ccc2c(n1)oc1c(N3C(C)C4(C)CCC3(C)C4(C)C)c(C)ccc12. The molecule has 1 aromatic carbocycles. The highest BCUT2D eigenvalue weighted by Crippen LogP contribution is 2.69. The molecule has 2 fully saturated rings. The van der Waals surface area contributed by atoms with Crippen LogP contribution >= 0.6 is 0 Å². The quantitative estimate of drug-likeness (QED) is 0.502. The van der Waals surface area contributed by atoms with E-state index in [0.717, 1.165) is 22.4 Å². The molecule has 0 amide bonds. The number of hydrogen-bond donors (Lipinski definition) is 0. The first-order valence-electron chi connectivity index (χ1n) is 10.2. The minimum atomic E-state index is 0.128. The van der Waals surface area contributed by atoms with Crippen LogP contribution in [0.5, 0.6) is 0 Å². The molecule has 1 aliphatic heterocycles. The Morgan fingerprint density at radius 2 is 1.70 bits per heavy atom. The van der Waals surface area contributed by atoms with E-state index < -0.39 is 0 Å². The van der Waals surface area contributed by atoms with E-state index in [1.54, 1.807) is 0 Å². The topological polar surface area (TPSA) is 29.3 Å². The number of nitrogens with zero attached hydrogens (tertiary/aromatic N) is 2. The van der Waals surface area contributed by atoms with E-state index in [2.05, 4.69) is 75.7 Å². The van der Waals surface area contributed by atoms with Crippen LogP contribution in [0.1, 0.15) is 58.7 Å². The van der Waals surface area contributed by atoms with Gasteiger partial charge in [-0.1, -0.05) is 32.9 Å². The molecule has 3 heterocycles. The van der Waals surface area contributed by atoms with Gasteiger partial charge in [-0.15, -0.1) is 0 Å². The summed E-state index contributed by atoms with van der Waals surface area (Å²) in [6, 6.07) is 9.14. The molecule has 2 bridgehead atoms. The van der Waals surface area contributed by atoms with Crippen molar-refractivity contribution in [2.45, 2.75) is 72.9 Å². The molecule has 142 valence electrons. The number of piperidine rings is 1. The fourth-order valence-corrected chi connectivity index (χ4v) is 6.25. The average molecular weight is 363 g/mol. The van der Waals surface area contributed by atoms with E-state index in [1.807, 2.05) is 6.92 Å². The molecule has 1 saturated heterocycles. The highest BCUT2D eigenvalue weighted by molar-refractivity contribution is 6.08. The number of aryl methyl sites for hydroxylation is 2. The molecule has 1 saturated carbocycles. The summed E-state index contributed by atoms with van der Waals surface area (Å²) in [4.78, 5) is 7.35. The zero-order valence-corrected chi connectivity index (χ0v) is 17.6. The molecule has 27 heavy (non-hydrogen) atoms. The number of hydrogen-bond acceptors (Lipinski definition) is 3. The van der Waals surface area contributed by atoms with Crippen LogP contribution in [0.3, 0.4) is 0 Å². The summed E-state index contributed by atoms with van der Waals surface area (Å²) in [6.07, 6.45) is 2.53. The van der Waals surface area contributed by atoms with Gasteiger partial charge >= 0.3 is 0 Å². The molecule has 0 N–H and O–H groups in total. The summed E-state index contributed by atoms with van der Waals surface area (Å²) < 4.78 is 6.41. The first-order valence-corrected chi connectivity index (χ1v) is 10.2. The van der Waals surface area contributed by atoms with Gasteiger partial charge in [-0.05, 0) is 69.1 Å². The molecule has 2 aromatic heterocycles. The maximum atomic E-state index is 6.41. The number of benzene rings is 1. The summed E-state index contributed by atoms with van der Waals surface area (Å²) >= 11 is 0. The Kier molecular flexibility index (Phi) is 3.08. The summed E-state index contributed by atoms with van der Waals surface area (Å²) in [5.41, 5.74) is 5.99. The van der Waals surface area contributed by atoms with Gasteiger partial charge in [-0.3, -0.25) is 0 Å². The molecule has 3 nitrogen and oxygen atoms in total. The monoisotopic (exact) mass is 362 g/mol. The standard InChI is InChI=1S/C24H30N2O/c1-14-8-10-17-18-11-9-15(2)25-21(18)27-20(17)19(14)26-16(3)23(6)12-13-24(26,7)22(23,4)5/h8-11,16H,12-13H2,1-7H3. The Morgan fingerprint density at radius 3 is 2.37 bits per heavy atom. The summed E-state index contributed by atoms with van der Waals surface area (Å²) in [6.45, 7) is 16.5. The van der Waals surface area contributed by atoms with Gasteiger partial charge in [-0.2, -0.15) is 0 Å². The van der Waals surface area contributed by atoms with Gasteiger partial charge in [0.25, 0.3) is 0 Å². The number of anilines is 1. The van der Waals surface area contributed by atoms with Crippen molar-refractivity contribution in [3.8, 4) is 0 Å². The molecule has 1 aliphatic carbocycles. The van der Waals surface area contributed by atoms with Crippen molar-refractivity contribution >= 4 is 27.8 Å². The van der Waals surface area contributed by atoms with E-state index in [9.17, 15) is 0 Å². The highest BCUT2D eigenvalue weighted by atomic mass is 16.3. The van der Waals surface area contributed by atoms with E-state index >= 15 is 0 Å². The van der Waals surface area contributed by atoms with Crippen LogP contribution < -0.4 is 4.90 Å². The predicted octanol–water partition coefficient (Wildman–Crippen LogP) is 6.39. The maximum absolute atomic E-state index is 6.41. The van der Waals surface area contributed by atoms with E-state index in [0.29, 0.717) is 11.5 Å². The molecule has 3 atom stereocenters. The van der Waals surface area contributed by atoms with Crippen molar-refractivity contribution in [3.63, 3.8) is 0 Å². The number of pyridine rings is 1. The van der Waals surface area contributed by atoms with Gasteiger partial charge in [-0.25, -0.2) is 4.98 Å². The number of rotatable bonds is 1. The van der Waals surface area contributed by atoms with Gasteiger partial charge in [0.1, 0.15) is 0 Å². The normalized spacial score (nSPS) is 32.1. The summed E-state index contributed by atoms with van der Waals surface area (Å²) in [5, 5.41) is 2.30. The fourth-order valence-electron chi connectivity index (χ4n) is 6.25. The number of furan rings is 1. The van der Waals surface area contributed by atoms with Crippen molar-refractivity contribution < 1.29 is 4.42 Å². The molecule has 3 aromatic rings. The zero-order valence-electron chi connectivity index (χ0n) is 17.6. The first kappa shape index (κ1) is 17.1. The molecule has 3 heteroatoms. The van der Waals surface area contributed by atoms with Gasteiger partial charge in [0.2, 0.25) is 5.71 Å². The molecule has 0 spiro atoms. The third-order valence-corrected chi connectivity index (χ3v) is 8.81. The van der Waals surface area contributed by atoms with E-state index in [1.165, 1.54) is 29.5 Å². The molecule has 0 radical (unpaired) electrons. The highest BCUT2D eigenvalue weighted by Gasteiger charge is 2.70. The smallest absolute Gasteiger partial charge is 0.227 e. The Labute approximate surface area is 161 Å². The average Bonchev–Trinajstić information content (AvgIpc) is 3.08. The second-order valence-corrected chi connectivity index (χ2v) is 9.88. The van der Waals surface area contributed by atoms with Crippen molar-refractivity contribution in [3.05, 3.63) is 35.5 Å². The Balaban J connectivity index is 1.83. The van der Waals surface area contributed by atoms with Crippen molar-refractivity contribution in [1.82, 2.24) is 4.98 Å². The van der Waals surface area contributed by atoms with Crippen molar-refractivity contribution in [2.75, 3.05) is 4.90 Å². The lowest BCUT2D eigenvalue weighted by molar-refractivity contribution is 0.132. The molecule has 3 unspecified atom stereocenters. The van der Waals surface area contributed by atoms with Gasteiger partial charge in [0.05, 0.1) is 5.69 Å². The van der Waals surface area contributed by atoms with E-state index in [4.69, 9.17) is 4.42 Å². The Hall–Kier alpha value is -2.03. The molecule has 2 aliphatic rings. The zero-order chi connectivity index (χ0) is 19.4. The lowest BCUT2D eigenvalue weighted by Crippen LogP contribution is -2.50. The second-order valence-electron chi connectivity index (χ2n) is 9.88. The summed E-state index contributed by atoms with van der Waals surface area (Å²) in [5.74, 6) is 0. The van der Waals surface area contributed by atoms with Crippen LogP contribution in [-0.2, 0) is 0 Å². The van der Waals surface area contributed by atoms with Crippen LogP contribution in [0, 0.1) is 24.7 Å².